The van der Waals surface area contributed by atoms with Crippen LogP contribution in [0.3, 0.4) is 0 Å². The number of carbonyl (C=O) groups is 1. The monoisotopic (exact) mass is 271 g/mol. The van der Waals surface area contributed by atoms with Gasteiger partial charge in [0.05, 0.1) is 11.7 Å². The maximum absolute atomic E-state index is 11.7. The Hall–Kier alpha value is -0.870. The van der Waals surface area contributed by atoms with Crippen molar-refractivity contribution in [3.8, 4) is 0 Å². The van der Waals surface area contributed by atoms with Gasteiger partial charge in [-0.3, -0.25) is 4.79 Å². The maximum Gasteiger partial charge on any atom is 0.252 e. The van der Waals surface area contributed by atoms with Crippen molar-refractivity contribution in [3.05, 3.63) is 33.8 Å². The SMILES string of the molecule is Cc1cccc(Br)c1C(=O)NCC(C)O. The minimum absolute atomic E-state index is 0.166. The number of nitrogens with one attached hydrogen (secondary N) is 1. The molecule has 0 heterocycles. The van der Waals surface area contributed by atoms with Crippen molar-refractivity contribution in [1.29, 1.82) is 0 Å². The Labute approximate surface area is 97.6 Å². The molecule has 0 radical (unpaired) electrons. The van der Waals surface area contributed by atoms with Gasteiger partial charge < -0.3 is 10.4 Å². The van der Waals surface area contributed by atoms with Gasteiger partial charge in [0.2, 0.25) is 0 Å². The topological polar surface area (TPSA) is 49.3 Å². The van der Waals surface area contributed by atoms with Crippen LogP contribution in [0.2, 0.25) is 0 Å². The first-order valence-corrected chi connectivity index (χ1v) is 5.53. The summed E-state index contributed by atoms with van der Waals surface area (Å²) in [6, 6.07) is 5.58. The molecule has 3 nitrogen and oxygen atoms in total. The number of aliphatic hydroxyl groups is 1. The molecule has 4 heteroatoms. The Morgan fingerprint density at radius 2 is 2.27 bits per heavy atom. The summed E-state index contributed by atoms with van der Waals surface area (Å²) in [6.45, 7) is 3.77. The van der Waals surface area contributed by atoms with Crippen molar-refractivity contribution in [1.82, 2.24) is 5.32 Å². The van der Waals surface area contributed by atoms with Crippen LogP contribution in [-0.2, 0) is 0 Å². The first-order chi connectivity index (χ1) is 7.02. The fourth-order valence-electron chi connectivity index (χ4n) is 1.25. The van der Waals surface area contributed by atoms with Crippen LogP contribution in [0, 0.1) is 6.92 Å². The normalized spacial score (nSPS) is 12.3. The molecule has 0 aromatic heterocycles. The van der Waals surface area contributed by atoms with Crippen molar-refractivity contribution in [2.45, 2.75) is 20.0 Å². The molecule has 1 atom stereocenters. The minimum atomic E-state index is -0.531. The predicted octanol–water partition coefficient (Wildman–Crippen LogP) is 1.87. The molecule has 1 unspecified atom stereocenters. The lowest BCUT2D eigenvalue weighted by Crippen LogP contribution is -2.31. The van der Waals surface area contributed by atoms with E-state index in [-0.39, 0.29) is 12.5 Å². The number of aliphatic hydroxyl groups excluding tert-OH is 1. The maximum atomic E-state index is 11.7. The number of hydrogen-bond acceptors (Lipinski definition) is 2. The Bertz CT molecular complexity index is 343. The number of rotatable bonds is 3. The van der Waals surface area contributed by atoms with Gasteiger partial charge in [-0.2, -0.15) is 0 Å². The lowest BCUT2D eigenvalue weighted by atomic mass is 10.1. The molecule has 0 saturated carbocycles. The van der Waals surface area contributed by atoms with E-state index >= 15 is 0 Å². The fourth-order valence-corrected chi connectivity index (χ4v) is 1.89. The smallest absolute Gasteiger partial charge is 0.252 e. The highest BCUT2D eigenvalue weighted by Gasteiger charge is 2.12. The number of halogens is 1. The summed E-state index contributed by atoms with van der Waals surface area (Å²) in [4.78, 5) is 11.7. The second kappa shape index (κ2) is 5.28. The Morgan fingerprint density at radius 1 is 1.60 bits per heavy atom. The number of carbonyl (C=O) groups excluding carboxylic acids is 1. The number of hydrogen-bond donors (Lipinski definition) is 2. The third kappa shape index (κ3) is 3.32. The molecule has 1 rings (SSSR count). The van der Waals surface area contributed by atoms with Crippen molar-refractivity contribution in [2.75, 3.05) is 6.54 Å². The standard InChI is InChI=1S/C11H14BrNO2/c1-7-4-3-5-9(12)10(7)11(15)13-6-8(2)14/h3-5,8,14H,6H2,1-2H3,(H,13,15). The van der Waals surface area contributed by atoms with Gasteiger partial charge in [0.1, 0.15) is 0 Å². The molecular formula is C11H14BrNO2. The van der Waals surface area contributed by atoms with Gasteiger partial charge in [-0.25, -0.2) is 0 Å². The van der Waals surface area contributed by atoms with Gasteiger partial charge in [0.25, 0.3) is 5.91 Å². The summed E-state index contributed by atoms with van der Waals surface area (Å²) in [5, 5.41) is 11.7. The fraction of sp³-hybridized carbons (Fsp3) is 0.364. The Balaban J connectivity index is 2.82. The van der Waals surface area contributed by atoms with Gasteiger partial charge in [-0.1, -0.05) is 12.1 Å². The van der Waals surface area contributed by atoms with Crippen LogP contribution in [0.15, 0.2) is 22.7 Å². The van der Waals surface area contributed by atoms with Gasteiger partial charge >= 0.3 is 0 Å². The molecule has 0 saturated heterocycles. The van der Waals surface area contributed by atoms with Crippen LogP contribution in [0.5, 0.6) is 0 Å². The number of benzene rings is 1. The molecule has 1 aromatic rings. The van der Waals surface area contributed by atoms with E-state index in [1.807, 2.05) is 25.1 Å². The zero-order valence-electron chi connectivity index (χ0n) is 8.75. The lowest BCUT2D eigenvalue weighted by molar-refractivity contribution is 0.0922. The van der Waals surface area contributed by atoms with Gasteiger partial charge in [-0.15, -0.1) is 0 Å². The molecule has 0 fully saturated rings. The largest absolute Gasteiger partial charge is 0.392 e. The van der Waals surface area contributed by atoms with Crippen molar-refractivity contribution in [2.24, 2.45) is 0 Å². The van der Waals surface area contributed by atoms with E-state index in [4.69, 9.17) is 5.11 Å². The molecule has 0 aliphatic rings. The van der Waals surface area contributed by atoms with Crippen LogP contribution in [-0.4, -0.2) is 23.7 Å². The van der Waals surface area contributed by atoms with E-state index in [1.54, 1.807) is 6.92 Å². The molecule has 82 valence electrons. The average molecular weight is 272 g/mol. The predicted molar refractivity (Wildman–Crippen MR) is 62.9 cm³/mol. The van der Waals surface area contributed by atoms with E-state index < -0.39 is 6.10 Å². The van der Waals surface area contributed by atoms with Crippen molar-refractivity contribution in [3.63, 3.8) is 0 Å². The van der Waals surface area contributed by atoms with E-state index in [9.17, 15) is 4.79 Å². The molecule has 0 aliphatic heterocycles. The summed E-state index contributed by atoms with van der Waals surface area (Å²) in [5.41, 5.74) is 1.53. The Morgan fingerprint density at radius 3 is 2.80 bits per heavy atom. The molecule has 0 spiro atoms. The highest BCUT2D eigenvalue weighted by atomic mass is 79.9. The summed E-state index contributed by atoms with van der Waals surface area (Å²) in [7, 11) is 0. The average Bonchev–Trinajstić information content (AvgIpc) is 2.14. The van der Waals surface area contributed by atoms with Crippen molar-refractivity contribution >= 4 is 21.8 Å². The summed E-state index contributed by atoms with van der Waals surface area (Å²) in [6.07, 6.45) is -0.531. The first kappa shape index (κ1) is 12.2. The summed E-state index contributed by atoms with van der Waals surface area (Å²) < 4.78 is 0.769. The molecule has 0 aliphatic carbocycles. The second-order valence-electron chi connectivity index (χ2n) is 3.49. The number of amides is 1. The second-order valence-corrected chi connectivity index (χ2v) is 4.35. The van der Waals surface area contributed by atoms with E-state index in [2.05, 4.69) is 21.2 Å². The van der Waals surface area contributed by atoms with Crippen LogP contribution in [0.25, 0.3) is 0 Å². The molecule has 0 bridgehead atoms. The van der Waals surface area contributed by atoms with Crippen LogP contribution in [0.1, 0.15) is 22.8 Å². The van der Waals surface area contributed by atoms with E-state index in [1.165, 1.54) is 0 Å². The Kier molecular flexibility index (Phi) is 4.29. The summed E-state index contributed by atoms with van der Waals surface area (Å²) >= 11 is 3.33. The van der Waals surface area contributed by atoms with Crippen LogP contribution >= 0.6 is 15.9 Å². The van der Waals surface area contributed by atoms with E-state index in [0.717, 1.165) is 10.0 Å². The highest BCUT2D eigenvalue weighted by Crippen LogP contribution is 2.19. The minimum Gasteiger partial charge on any atom is -0.392 e. The number of aryl methyl sites for hydroxylation is 1. The zero-order chi connectivity index (χ0) is 11.4. The quantitative estimate of drug-likeness (QED) is 0.882. The highest BCUT2D eigenvalue weighted by molar-refractivity contribution is 9.10. The molecule has 1 aromatic carbocycles. The van der Waals surface area contributed by atoms with Gasteiger partial charge in [0, 0.05) is 11.0 Å². The van der Waals surface area contributed by atoms with Gasteiger partial charge in [0.15, 0.2) is 0 Å². The van der Waals surface area contributed by atoms with Crippen LogP contribution in [0.4, 0.5) is 0 Å². The van der Waals surface area contributed by atoms with E-state index in [0.29, 0.717) is 5.56 Å². The zero-order valence-corrected chi connectivity index (χ0v) is 10.3. The van der Waals surface area contributed by atoms with Gasteiger partial charge in [-0.05, 0) is 41.4 Å². The third-order valence-corrected chi connectivity index (χ3v) is 2.67. The third-order valence-electron chi connectivity index (χ3n) is 2.01. The van der Waals surface area contributed by atoms with Crippen molar-refractivity contribution < 1.29 is 9.90 Å². The molecule has 2 N–H and O–H groups in total. The summed E-state index contributed by atoms with van der Waals surface area (Å²) in [5.74, 6) is -0.166. The molecule has 15 heavy (non-hydrogen) atoms. The lowest BCUT2D eigenvalue weighted by Gasteiger charge is -2.10. The molecule has 1 amide bonds. The van der Waals surface area contributed by atoms with Crippen LogP contribution < -0.4 is 5.32 Å². The molecular weight excluding hydrogens is 258 g/mol. The first-order valence-electron chi connectivity index (χ1n) is 4.73.